The van der Waals surface area contributed by atoms with Gasteiger partial charge in [-0.3, -0.25) is 0 Å². The standard InChI is InChI=1S/C12H10F2N2O3/c1-12(13,14)7-3-10-9(17-5-18-10)2-6(7)8-4-11(15)19-16-8/h2-4H,5,15H2,1H3. The van der Waals surface area contributed by atoms with E-state index in [0.717, 1.165) is 6.92 Å². The van der Waals surface area contributed by atoms with Crippen LogP contribution in [-0.4, -0.2) is 11.9 Å². The van der Waals surface area contributed by atoms with Crippen LogP contribution in [0.3, 0.4) is 0 Å². The van der Waals surface area contributed by atoms with Crippen LogP contribution in [0, 0.1) is 0 Å². The van der Waals surface area contributed by atoms with E-state index in [2.05, 4.69) is 5.16 Å². The van der Waals surface area contributed by atoms with E-state index < -0.39 is 5.92 Å². The molecule has 1 aliphatic heterocycles. The third-order valence-electron chi connectivity index (χ3n) is 2.79. The van der Waals surface area contributed by atoms with Crippen LogP contribution in [0.25, 0.3) is 11.3 Å². The van der Waals surface area contributed by atoms with Crippen molar-refractivity contribution in [1.29, 1.82) is 0 Å². The van der Waals surface area contributed by atoms with Crippen molar-refractivity contribution in [3.63, 3.8) is 0 Å². The predicted octanol–water partition coefficient (Wildman–Crippen LogP) is 2.76. The summed E-state index contributed by atoms with van der Waals surface area (Å²) < 4.78 is 42.4. The fourth-order valence-corrected chi connectivity index (χ4v) is 1.93. The van der Waals surface area contributed by atoms with Gasteiger partial charge in [-0.15, -0.1) is 0 Å². The molecular formula is C12H10F2N2O3. The quantitative estimate of drug-likeness (QED) is 0.906. The van der Waals surface area contributed by atoms with Crippen molar-refractivity contribution < 1.29 is 22.8 Å². The largest absolute Gasteiger partial charge is 0.454 e. The Morgan fingerprint density at radius 1 is 1.21 bits per heavy atom. The Labute approximate surface area is 106 Å². The van der Waals surface area contributed by atoms with E-state index in [1.807, 2.05) is 0 Å². The molecule has 5 nitrogen and oxygen atoms in total. The van der Waals surface area contributed by atoms with Gasteiger partial charge < -0.3 is 19.7 Å². The van der Waals surface area contributed by atoms with Gasteiger partial charge in [0.2, 0.25) is 12.7 Å². The van der Waals surface area contributed by atoms with Gasteiger partial charge in [-0.05, 0) is 12.1 Å². The zero-order valence-electron chi connectivity index (χ0n) is 9.94. The van der Waals surface area contributed by atoms with E-state index in [9.17, 15) is 8.78 Å². The van der Waals surface area contributed by atoms with E-state index in [1.54, 1.807) is 0 Å². The summed E-state index contributed by atoms with van der Waals surface area (Å²) in [5.41, 5.74) is 5.63. The minimum atomic E-state index is -3.05. The number of alkyl halides is 2. The molecule has 0 amide bonds. The van der Waals surface area contributed by atoms with Gasteiger partial charge in [0.25, 0.3) is 5.92 Å². The summed E-state index contributed by atoms with van der Waals surface area (Å²) in [6.45, 7) is 0.811. The minimum absolute atomic E-state index is 0.00840. The molecule has 2 heterocycles. The molecule has 2 N–H and O–H groups in total. The van der Waals surface area contributed by atoms with Gasteiger partial charge in [0.1, 0.15) is 5.69 Å². The summed E-state index contributed by atoms with van der Waals surface area (Å²) in [6, 6.07) is 4.09. The average molecular weight is 268 g/mol. The molecule has 0 saturated heterocycles. The number of nitrogen functional groups attached to an aromatic ring is 1. The molecule has 0 unspecified atom stereocenters. The molecule has 0 aliphatic carbocycles. The first-order valence-electron chi connectivity index (χ1n) is 5.49. The van der Waals surface area contributed by atoms with Crippen LogP contribution in [0.15, 0.2) is 22.7 Å². The van der Waals surface area contributed by atoms with Crippen molar-refractivity contribution in [2.45, 2.75) is 12.8 Å². The molecule has 0 spiro atoms. The molecule has 0 saturated carbocycles. The average Bonchev–Trinajstić information content (AvgIpc) is 2.93. The highest BCUT2D eigenvalue weighted by atomic mass is 19.3. The highest BCUT2D eigenvalue weighted by Crippen LogP contribution is 2.44. The number of hydrogen-bond donors (Lipinski definition) is 1. The lowest BCUT2D eigenvalue weighted by atomic mass is 9.99. The van der Waals surface area contributed by atoms with Gasteiger partial charge in [0, 0.05) is 24.1 Å². The van der Waals surface area contributed by atoms with Crippen molar-refractivity contribution in [3.8, 4) is 22.8 Å². The molecule has 1 aromatic heterocycles. The Bertz CT molecular complexity index is 634. The summed E-state index contributed by atoms with van der Waals surface area (Å²) >= 11 is 0. The van der Waals surface area contributed by atoms with Gasteiger partial charge in [-0.2, -0.15) is 0 Å². The molecule has 0 atom stereocenters. The van der Waals surface area contributed by atoms with Gasteiger partial charge in [0.15, 0.2) is 11.5 Å². The zero-order chi connectivity index (χ0) is 13.6. The van der Waals surface area contributed by atoms with Crippen LogP contribution in [0.2, 0.25) is 0 Å². The Kier molecular flexibility index (Phi) is 2.38. The summed E-state index contributed by atoms with van der Waals surface area (Å²) in [7, 11) is 0. The third kappa shape index (κ3) is 1.96. The normalized spacial score (nSPS) is 13.8. The number of ether oxygens (including phenoxy) is 2. The lowest BCUT2D eigenvalue weighted by Gasteiger charge is -2.15. The topological polar surface area (TPSA) is 70.5 Å². The number of benzene rings is 1. The molecule has 1 aliphatic rings. The number of aromatic nitrogens is 1. The zero-order valence-corrected chi connectivity index (χ0v) is 9.94. The van der Waals surface area contributed by atoms with E-state index in [-0.39, 0.29) is 35.2 Å². The molecule has 7 heteroatoms. The molecule has 2 aromatic rings. The van der Waals surface area contributed by atoms with Crippen LogP contribution in [0.1, 0.15) is 12.5 Å². The molecule has 100 valence electrons. The van der Waals surface area contributed by atoms with Gasteiger partial charge in [0.05, 0.1) is 0 Å². The van der Waals surface area contributed by atoms with Gasteiger partial charge in [-0.1, -0.05) is 5.16 Å². The first-order chi connectivity index (χ1) is 8.95. The maximum atomic E-state index is 13.7. The van der Waals surface area contributed by atoms with Gasteiger partial charge in [-0.25, -0.2) is 8.78 Å². The maximum Gasteiger partial charge on any atom is 0.271 e. The highest BCUT2D eigenvalue weighted by Gasteiger charge is 2.32. The van der Waals surface area contributed by atoms with Crippen molar-refractivity contribution >= 4 is 5.88 Å². The Hall–Kier alpha value is -2.31. The minimum Gasteiger partial charge on any atom is -0.454 e. The van der Waals surface area contributed by atoms with Crippen molar-refractivity contribution in [2.75, 3.05) is 12.5 Å². The molecule has 0 fully saturated rings. The number of nitrogens with two attached hydrogens (primary N) is 1. The first kappa shape index (κ1) is 11.8. The Morgan fingerprint density at radius 2 is 1.89 bits per heavy atom. The van der Waals surface area contributed by atoms with E-state index in [4.69, 9.17) is 19.7 Å². The van der Waals surface area contributed by atoms with Crippen LogP contribution >= 0.6 is 0 Å². The molecule has 3 rings (SSSR count). The summed E-state index contributed by atoms with van der Waals surface area (Å²) in [4.78, 5) is 0. The number of rotatable bonds is 2. The number of anilines is 1. The monoisotopic (exact) mass is 268 g/mol. The second-order valence-corrected chi connectivity index (χ2v) is 4.25. The van der Waals surface area contributed by atoms with Gasteiger partial charge >= 0.3 is 0 Å². The van der Waals surface area contributed by atoms with E-state index in [0.29, 0.717) is 5.75 Å². The van der Waals surface area contributed by atoms with Crippen molar-refractivity contribution in [3.05, 3.63) is 23.8 Å². The fourth-order valence-electron chi connectivity index (χ4n) is 1.93. The number of halogens is 2. The lowest BCUT2D eigenvalue weighted by Crippen LogP contribution is -2.09. The highest BCUT2D eigenvalue weighted by molar-refractivity contribution is 5.70. The lowest BCUT2D eigenvalue weighted by molar-refractivity contribution is 0.0178. The fraction of sp³-hybridized carbons (Fsp3) is 0.250. The van der Waals surface area contributed by atoms with Crippen LogP contribution in [0.5, 0.6) is 11.5 Å². The van der Waals surface area contributed by atoms with E-state index in [1.165, 1.54) is 18.2 Å². The smallest absolute Gasteiger partial charge is 0.271 e. The molecule has 0 bridgehead atoms. The maximum absolute atomic E-state index is 13.7. The molecular weight excluding hydrogens is 258 g/mol. The van der Waals surface area contributed by atoms with Crippen molar-refractivity contribution in [2.24, 2.45) is 0 Å². The number of nitrogens with zero attached hydrogens (tertiary/aromatic N) is 1. The second kappa shape index (κ2) is 3.84. The predicted molar refractivity (Wildman–Crippen MR) is 62.0 cm³/mol. The number of hydrogen-bond acceptors (Lipinski definition) is 5. The van der Waals surface area contributed by atoms with E-state index >= 15 is 0 Å². The molecule has 1 aromatic carbocycles. The summed E-state index contributed by atoms with van der Waals surface area (Å²) in [5.74, 6) is -2.32. The SMILES string of the molecule is CC(F)(F)c1cc2c(cc1-c1cc(N)on1)OCO2. The first-order valence-corrected chi connectivity index (χ1v) is 5.49. The third-order valence-corrected chi connectivity index (χ3v) is 2.79. The Balaban J connectivity index is 2.22. The molecule has 0 radical (unpaired) electrons. The Morgan fingerprint density at radius 3 is 2.47 bits per heavy atom. The molecule has 19 heavy (non-hydrogen) atoms. The second-order valence-electron chi connectivity index (χ2n) is 4.25. The van der Waals surface area contributed by atoms with Crippen LogP contribution < -0.4 is 15.2 Å². The van der Waals surface area contributed by atoms with Crippen LogP contribution in [0.4, 0.5) is 14.7 Å². The summed E-state index contributed by atoms with van der Waals surface area (Å²) in [6.07, 6.45) is 0. The number of fused-ring (bicyclic) bond motifs is 1. The summed E-state index contributed by atoms with van der Waals surface area (Å²) in [5, 5.41) is 3.66. The van der Waals surface area contributed by atoms with Crippen LogP contribution in [-0.2, 0) is 5.92 Å². The van der Waals surface area contributed by atoms with Crippen molar-refractivity contribution in [1.82, 2.24) is 5.16 Å².